The van der Waals surface area contributed by atoms with Gasteiger partial charge in [-0.2, -0.15) is 0 Å². The summed E-state index contributed by atoms with van der Waals surface area (Å²) in [5, 5.41) is 3.55. The van der Waals surface area contributed by atoms with E-state index >= 15 is 0 Å². The van der Waals surface area contributed by atoms with Crippen LogP contribution < -0.4 is 9.62 Å². The van der Waals surface area contributed by atoms with Gasteiger partial charge in [-0.15, -0.1) is 0 Å². The lowest BCUT2D eigenvalue weighted by atomic mass is 10.0. The van der Waals surface area contributed by atoms with Crippen LogP contribution in [0.25, 0.3) is 0 Å². The van der Waals surface area contributed by atoms with Crippen LogP contribution in [0.15, 0.2) is 114 Å². The average molecular weight is 660 g/mol. The summed E-state index contributed by atoms with van der Waals surface area (Å²) >= 11 is 6.16. The highest BCUT2D eigenvalue weighted by molar-refractivity contribution is 7.92. The number of unbranched alkanes of at least 4 members (excludes halogenated alkanes) is 1. The maximum Gasteiger partial charge on any atom is 0.264 e. The second-order valence-electron chi connectivity index (χ2n) is 11.6. The van der Waals surface area contributed by atoms with Crippen molar-refractivity contribution in [2.24, 2.45) is 0 Å². The Morgan fingerprint density at radius 3 is 2.00 bits per heavy atom. The van der Waals surface area contributed by atoms with Gasteiger partial charge in [-0.05, 0) is 65.4 Å². The van der Waals surface area contributed by atoms with E-state index in [0.29, 0.717) is 17.3 Å². The van der Waals surface area contributed by atoms with Crippen LogP contribution in [0, 0.1) is 0 Å². The average Bonchev–Trinajstić information content (AvgIpc) is 3.07. The number of nitrogens with one attached hydrogen (secondary N) is 1. The van der Waals surface area contributed by atoms with Crippen molar-refractivity contribution in [1.29, 1.82) is 0 Å². The van der Waals surface area contributed by atoms with Crippen LogP contribution in [0.5, 0.6) is 0 Å². The van der Waals surface area contributed by atoms with Gasteiger partial charge in [-0.1, -0.05) is 112 Å². The maximum absolute atomic E-state index is 14.5. The molecule has 0 aromatic heterocycles. The molecule has 1 unspecified atom stereocenters. The Hall–Kier alpha value is -4.14. The molecule has 4 aromatic carbocycles. The van der Waals surface area contributed by atoms with Crippen molar-refractivity contribution in [3.8, 4) is 0 Å². The van der Waals surface area contributed by atoms with Crippen LogP contribution in [0.2, 0.25) is 5.02 Å². The Kier molecular flexibility index (Phi) is 12.4. The van der Waals surface area contributed by atoms with Gasteiger partial charge in [0, 0.05) is 24.5 Å². The quantitative estimate of drug-likeness (QED) is 0.137. The Bertz CT molecular complexity index is 1660. The molecule has 0 saturated heterocycles. The van der Waals surface area contributed by atoms with Crippen LogP contribution >= 0.6 is 11.6 Å². The molecule has 7 nitrogen and oxygen atoms in total. The van der Waals surface area contributed by atoms with E-state index in [1.807, 2.05) is 49.4 Å². The van der Waals surface area contributed by atoms with Crippen molar-refractivity contribution in [2.45, 2.75) is 63.4 Å². The number of rotatable bonds is 15. The normalized spacial score (nSPS) is 12.0. The van der Waals surface area contributed by atoms with Crippen molar-refractivity contribution in [1.82, 2.24) is 10.2 Å². The molecule has 0 heterocycles. The number of benzene rings is 4. The summed E-state index contributed by atoms with van der Waals surface area (Å²) in [6, 6.07) is 31.0. The molecule has 46 heavy (non-hydrogen) atoms. The highest BCUT2D eigenvalue weighted by atomic mass is 35.5. The fraction of sp³-hybridized carbons (Fsp3) is 0.297. The van der Waals surface area contributed by atoms with Crippen molar-refractivity contribution >= 4 is 39.1 Å². The van der Waals surface area contributed by atoms with E-state index in [4.69, 9.17) is 11.6 Å². The van der Waals surface area contributed by atoms with E-state index in [9.17, 15) is 18.0 Å². The fourth-order valence-electron chi connectivity index (χ4n) is 5.12. The van der Waals surface area contributed by atoms with E-state index in [2.05, 4.69) is 19.2 Å². The Labute approximate surface area is 278 Å². The molecule has 0 fully saturated rings. The van der Waals surface area contributed by atoms with Crippen molar-refractivity contribution in [3.05, 3.63) is 131 Å². The molecule has 0 bridgehead atoms. The predicted molar refractivity (Wildman–Crippen MR) is 185 cm³/mol. The number of hydrogen-bond donors (Lipinski definition) is 1. The van der Waals surface area contributed by atoms with Gasteiger partial charge in [0.05, 0.1) is 10.6 Å². The summed E-state index contributed by atoms with van der Waals surface area (Å²) in [6.45, 7) is 6.22. The highest BCUT2D eigenvalue weighted by Crippen LogP contribution is 2.27. The third-order valence-corrected chi connectivity index (χ3v) is 9.86. The van der Waals surface area contributed by atoms with Crippen LogP contribution in [0.3, 0.4) is 0 Å². The number of nitrogens with zero attached hydrogens (tertiary/aromatic N) is 2. The number of amides is 2. The molecule has 0 aliphatic rings. The smallest absolute Gasteiger partial charge is 0.264 e. The number of halogens is 1. The molecular formula is C37H42ClN3O4S. The van der Waals surface area contributed by atoms with Gasteiger partial charge in [0.2, 0.25) is 11.8 Å². The number of anilines is 1. The van der Waals surface area contributed by atoms with Gasteiger partial charge >= 0.3 is 0 Å². The monoisotopic (exact) mass is 659 g/mol. The molecule has 4 aromatic rings. The molecule has 0 radical (unpaired) electrons. The molecule has 2 amide bonds. The van der Waals surface area contributed by atoms with Crippen molar-refractivity contribution < 1.29 is 18.0 Å². The SMILES string of the molecule is CCCCNC(=O)C(Cc1ccccc1)N(Cc1ccc(Cl)cc1)C(=O)CN(c1ccc(C(C)C)cc1)S(=O)(=O)c1ccccc1. The molecule has 242 valence electrons. The third-order valence-electron chi connectivity index (χ3n) is 7.82. The van der Waals surface area contributed by atoms with Gasteiger partial charge in [-0.3, -0.25) is 13.9 Å². The zero-order valence-corrected chi connectivity index (χ0v) is 28.2. The first kappa shape index (κ1) is 34.7. The molecule has 0 saturated carbocycles. The summed E-state index contributed by atoms with van der Waals surface area (Å²) < 4.78 is 29.4. The number of carbonyl (C=O) groups is 2. The lowest BCUT2D eigenvalue weighted by Gasteiger charge is -2.34. The predicted octanol–water partition coefficient (Wildman–Crippen LogP) is 7.22. The summed E-state index contributed by atoms with van der Waals surface area (Å²) in [5.41, 5.74) is 3.05. The summed E-state index contributed by atoms with van der Waals surface area (Å²) in [5.74, 6) is -0.554. The van der Waals surface area contributed by atoms with E-state index in [1.165, 1.54) is 17.0 Å². The van der Waals surface area contributed by atoms with Gasteiger partial charge < -0.3 is 10.2 Å². The second kappa shape index (κ2) is 16.4. The zero-order valence-electron chi connectivity index (χ0n) is 26.6. The van der Waals surface area contributed by atoms with Crippen molar-refractivity contribution in [3.63, 3.8) is 0 Å². The Morgan fingerprint density at radius 1 is 0.804 bits per heavy atom. The highest BCUT2D eigenvalue weighted by Gasteiger charge is 2.34. The maximum atomic E-state index is 14.5. The van der Waals surface area contributed by atoms with E-state index in [-0.39, 0.29) is 29.7 Å². The fourth-order valence-corrected chi connectivity index (χ4v) is 6.68. The molecule has 0 spiro atoms. The molecule has 0 aliphatic carbocycles. The summed E-state index contributed by atoms with van der Waals surface area (Å²) in [6.07, 6.45) is 1.95. The van der Waals surface area contributed by atoms with Gasteiger partial charge in [0.15, 0.2) is 0 Å². The zero-order chi connectivity index (χ0) is 33.1. The number of sulfonamides is 1. The Balaban J connectivity index is 1.78. The minimum absolute atomic E-state index is 0.0677. The summed E-state index contributed by atoms with van der Waals surface area (Å²) in [4.78, 5) is 29.9. The largest absolute Gasteiger partial charge is 0.354 e. The minimum atomic E-state index is -4.15. The molecule has 0 aliphatic heterocycles. The molecule has 1 N–H and O–H groups in total. The lowest BCUT2D eigenvalue weighted by molar-refractivity contribution is -0.140. The van der Waals surface area contributed by atoms with Crippen LogP contribution in [0.4, 0.5) is 5.69 Å². The van der Waals surface area contributed by atoms with Crippen LogP contribution in [-0.4, -0.2) is 44.3 Å². The third kappa shape index (κ3) is 9.21. The number of hydrogen-bond acceptors (Lipinski definition) is 4. The topological polar surface area (TPSA) is 86.8 Å². The van der Waals surface area contributed by atoms with Crippen LogP contribution in [-0.2, 0) is 32.6 Å². The van der Waals surface area contributed by atoms with E-state index < -0.39 is 28.5 Å². The molecule has 4 rings (SSSR count). The minimum Gasteiger partial charge on any atom is -0.354 e. The Morgan fingerprint density at radius 2 is 1.41 bits per heavy atom. The molecule has 9 heteroatoms. The lowest BCUT2D eigenvalue weighted by Crippen LogP contribution is -2.53. The number of carbonyl (C=O) groups excluding carboxylic acids is 2. The van der Waals surface area contributed by atoms with Crippen molar-refractivity contribution in [2.75, 3.05) is 17.4 Å². The van der Waals surface area contributed by atoms with Crippen LogP contribution in [0.1, 0.15) is 56.2 Å². The van der Waals surface area contributed by atoms with E-state index in [0.717, 1.165) is 33.8 Å². The standard InChI is InChI=1S/C37H42ClN3O4S/c1-4-5-24-39-37(43)35(25-29-12-8-6-9-13-29)40(26-30-16-20-32(38)21-17-30)36(42)27-41(33-22-18-31(19-23-33)28(2)3)46(44,45)34-14-10-7-11-15-34/h6-23,28,35H,4-5,24-27H2,1-3H3,(H,39,43). The first-order valence-corrected chi connectivity index (χ1v) is 17.4. The first-order valence-electron chi connectivity index (χ1n) is 15.6. The molecular weight excluding hydrogens is 618 g/mol. The van der Waals surface area contributed by atoms with E-state index in [1.54, 1.807) is 54.6 Å². The molecule has 1 atom stereocenters. The van der Waals surface area contributed by atoms with Gasteiger partial charge in [0.25, 0.3) is 10.0 Å². The van der Waals surface area contributed by atoms with Gasteiger partial charge in [-0.25, -0.2) is 8.42 Å². The summed E-state index contributed by atoms with van der Waals surface area (Å²) in [7, 11) is -4.15. The second-order valence-corrected chi connectivity index (χ2v) is 13.9. The first-order chi connectivity index (χ1) is 22.1. The van der Waals surface area contributed by atoms with Gasteiger partial charge in [0.1, 0.15) is 12.6 Å².